The van der Waals surface area contributed by atoms with Crippen molar-refractivity contribution in [2.45, 2.75) is 0 Å². The molecule has 112 valence electrons. The minimum Gasteiger partial charge on any atom is -0.0622 e. The lowest BCUT2D eigenvalue weighted by Gasteiger charge is -2.10. The molecule has 2 radical (unpaired) electrons. The molecular weight excluding hydrogens is 288 g/mol. The molecule has 0 aliphatic heterocycles. The van der Waals surface area contributed by atoms with E-state index in [4.69, 9.17) is 0 Å². The smallest absolute Gasteiger partial charge is 0.00137 e. The van der Waals surface area contributed by atoms with E-state index in [1.807, 2.05) is 30.3 Å². The van der Waals surface area contributed by atoms with Crippen molar-refractivity contribution >= 4 is 0 Å². The molecule has 0 saturated carbocycles. The lowest BCUT2D eigenvalue weighted by molar-refractivity contribution is 1.55. The molecule has 4 aromatic carbocycles. The van der Waals surface area contributed by atoms with E-state index in [1.165, 1.54) is 16.7 Å². The first-order valence-corrected chi connectivity index (χ1v) is 8.05. The van der Waals surface area contributed by atoms with Crippen LogP contribution in [0, 0.1) is 12.1 Å². The average Bonchev–Trinajstić information content (AvgIpc) is 2.70. The summed E-state index contributed by atoms with van der Waals surface area (Å²) in [6, 6.07) is 40.2. The SMILES string of the molecule is [c]1ccccc1-c1[c]c(-c2ccccc2)cc(-c2ccccc2)c1. The summed E-state index contributed by atoms with van der Waals surface area (Å²) >= 11 is 0. The normalized spacial score (nSPS) is 10.5. The molecule has 0 bridgehead atoms. The molecular formula is C24H16. The second-order valence-electron chi connectivity index (χ2n) is 5.70. The Morgan fingerprint density at radius 1 is 0.458 bits per heavy atom. The third-order valence-corrected chi connectivity index (χ3v) is 4.06. The van der Waals surface area contributed by atoms with Crippen molar-refractivity contribution in [1.82, 2.24) is 0 Å². The molecule has 24 heavy (non-hydrogen) atoms. The van der Waals surface area contributed by atoms with Crippen molar-refractivity contribution in [2.24, 2.45) is 0 Å². The molecule has 0 spiro atoms. The van der Waals surface area contributed by atoms with Gasteiger partial charge in [0.25, 0.3) is 0 Å². The third-order valence-electron chi connectivity index (χ3n) is 4.06. The Morgan fingerprint density at radius 3 is 1.75 bits per heavy atom. The molecule has 0 saturated heterocycles. The molecule has 0 amide bonds. The van der Waals surface area contributed by atoms with Gasteiger partial charge in [-0.25, -0.2) is 0 Å². The number of hydrogen-bond acceptors (Lipinski definition) is 0. The predicted octanol–water partition coefficient (Wildman–Crippen LogP) is 6.29. The van der Waals surface area contributed by atoms with Crippen LogP contribution in [0.5, 0.6) is 0 Å². The lowest BCUT2D eigenvalue weighted by atomic mass is 9.93. The van der Waals surface area contributed by atoms with E-state index < -0.39 is 0 Å². The fourth-order valence-corrected chi connectivity index (χ4v) is 2.85. The molecule has 0 fully saturated rings. The van der Waals surface area contributed by atoms with Crippen LogP contribution < -0.4 is 0 Å². The van der Waals surface area contributed by atoms with Gasteiger partial charge in [0.2, 0.25) is 0 Å². The van der Waals surface area contributed by atoms with E-state index in [9.17, 15) is 0 Å². The van der Waals surface area contributed by atoms with Gasteiger partial charge >= 0.3 is 0 Å². The van der Waals surface area contributed by atoms with Gasteiger partial charge in [0.15, 0.2) is 0 Å². The van der Waals surface area contributed by atoms with E-state index in [-0.39, 0.29) is 0 Å². The van der Waals surface area contributed by atoms with Crippen molar-refractivity contribution in [1.29, 1.82) is 0 Å². The highest BCUT2D eigenvalue weighted by Gasteiger charge is 2.07. The topological polar surface area (TPSA) is 0 Å². The van der Waals surface area contributed by atoms with Gasteiger partial charge in [0.1, 0.15) is 0 Å². The van der Waals surface area contributed by atoms with Gasteiger partial charge in [-0.05, 0) is 57.6 Å². The maximum Gasteiger partial charge on any atom is -0.00137 e. The first kappa shape index (κ1) is 14.5. The second-order valence-corrected chi connectivity index (χ2v) is 5.70. The first-order chi connectivity index (χ1) is 11.9. The second kappa shape index (κ2) is 6.55. The highest BCUT2D eigenvalue weighted by Crippen LogP contribution is 2.31. The predicted molar refractivity (Wildman–Crippen MR) is 100 cm³/mol. The van der Waals surface area contributed by atoms with Crippen LogP contribution in [0.25, 0.3) is 33.4 Å². The molecule has 0 N–H and O–H groups in total. The molecule has 0 atom stereocenters. The number of benzene rings is 4. The first-order valence-electron chi connectivity index (χ1n) is 8.05. The summed E-state index contributed by atoms with van der Waals surface area (Å²) in [5.74, 6) is 0. The van der Waals surface area contributed by atoms with Crippen molar-refractivity contribution in [3.05, 3.63) is 109 Å². The summed E-state index contributed by atoms with van der Waals surface area (Å²) in [6.45, 7) is 0. The van der Waals surface area contributed by atoms with Crippen molar-refractivity contribution in [3.63, 3.8) is 0 Å². The zero-order valence-corrected chi connectivity index (χ0v) is 13.2. The van der Waals surface area contributed by atoms with Crippen molar-refractivity contribution in [3.8, 4) is 33.4 Å². The van der Waals surface area contributed by atoms with E-state index in [0.29, 0.717) is 0 Å². The van der Waals surface area contributed by atoms with Gasteiger partial charge in [0.05, 0.1) is 0 Å². The van der Waals surface area contributed by atoms with Gasteiger partial charge in [-0.3, -0.25) is 0 Å². The van der Waals surface area contributed by atoms with Crippen LogP contribution in [-0.4, -0.2) is 0 Å². The van der Waals surface area contributed by atoms with Gasteiger partial charge in [-0.15, -0.1) is 0 Å². The Kier molecular flexibility index (Phi) is 3.95. The van der Waals surface area contributed by atoms with E-state index in [2.05, 4.69) is 78.9 Å². The van der Waals surface area contributed by atoms with E-state index >= 15 is 0 Å². The number of hydrogen-bond donors (Lipinski definition) is 0. The summed E-state index contributed by atoms with van der Waals surface area (Å²) in [7, 11) is 0. The summed E-state index contributed by atoms with van der Waals surface area (Å²) in [5, 5.41) is 0. The van der Waals surface area contributed by atoms with Gasteiger partial charge < -0.3 is 0 Å². The number of rotatable bonds is 3. The largest absolute Gasteiger partial charge is 0.0622 e. The monoisotopic (exact) mass is 304 g/mol. The summed E-state index contributed by atoms with van der Waals surface area (Å²) < 4.78 is 0. The Balaban J connectivity index is 1.92. The standard InChI is InChI=1S/C24H16/c1-4-10-19(11-5-1)22-16-23(20-12-6-2-7-13-20)18-24(17-22)21-14-8-3-9-15-21/h1-14,16-17H. The van der Waals surface area contributed by atoms with Crippen LogP contribution in [0.4, 0.5) is 0 Å². The molecule has 4 rings (SSSR count). The molecule has 0 aliphatic rings. The fraction of sp³-hybridized carbons (Fsp3) is 0. The van der Waals surface area contributed by atoms with Crippen LogP contribution in [0.2, 0.25) is 0 Å². The van der Waals surface area contributed by atoms with Crippen molar-refractivity contribution in [2.75, 3.05) is 0 Å². The third kappa shape index (κ3) is 3.00. The Hall–Kier alpha value is -3.12. The molecule has 0 unspecified atom stereocenters. The molecule has 0 aromatic heterocycles. The zero-order chi connectivity index (χ0) is 16.2. The molecule has 0 heterocycles. The molecule has 0 aliphatic carbocycles. The minimum absolute atomic E-state index is 1.06. The van der Waals surface area contributed by atoms with Crippen molar-refractivity contribution < 1.29 is 0 Å². The Morgan fingerprint density at radius 2 is 1.08 bits per heavy atom. The van der Waals surface area contributed by atoms with Crippen LogP contribution in [-0.2, 0) is 0 Å². The molecule has 0 nitrogen and oxygen atoms in total. The quantitative estimate of drug-likeness (QED) is 0.417. The highest BCUT2D eigenvalue weighted by atomic mass is 14.1. The molecule has 0 heteroatoms. The maximum absolute atomic E-state index is 3.56. The van der Waals surface area contributed by atoms with Crippen LogP contribution in [0.3, 0.4) is 0 Å². The van der Waals surface area contributed by atoms with Crippen LogP contribution in [0.15, 0.2) is 97.1 Å². The van der Waals surface area contributed by atoms with Gasteiger partial charge in [-0.1, -0.05) is 84.9 Å². The highest BCUT2D eigenvalue weighted by molar-refractivity contribution is 5.80. The van der Waals surface area contributed by atoms with Gasteiger partial charge in [0, 0.05) is 0 Å². The van der Waals surface area contributed by atoms with Crippen LogP contribution in [0.1, 0.15) is 0 Å². The molecule has 4 aromatic rings. The summed E-state index contributed by atoms with van der Waals surface area (Å²) in [5.41, 5.74) is 6.81. The Labute approximate surface area is 143 Å². The van der Waals surface area contributed by atoms with Crippen LogP contribution >= 0.6 is 0 Å². The van der Waals surface area contributed by atoms with E-state index in [0.717, 1.165) is 16.7 Å². The fourth-order valence-electron chi connectivity index (χ4n) is 2.85. The minimum atomic E-state index is 1.06. The Bertz CT molecular complexity index is 784. The lowest BCUT2D eigenvalue weighted by Crippen LogP contribution is -1.86. The maximum atomic E-state index is 3.56. The van der Waals surface area contributed by atoms with E-state index in [1.54, 1.807) is 0 Å². The summed E-state index contributed by atoms with van der Waals surface area (Å²) in [4.78, 5) is 0. The summed E-state index contributed by atoms with van der Waals surface area (Å²) in [6.07, 6.45) is 0. The zero-order valence-electron chi connectivity index (χ0n) is 13.2. The average molecular weight is 304 g/mol. The van der Waals surface area contributed by atoms with Gasteiger partial charge in [-0.2, -0.15) is 0 Å².